The molecule has 1 aromatic heterocycles. The Bertz CT molecular complexity index is 1200. The summed E-state index contributed by atoms with van der Waals surface area (Å²) in [7, 11) is -2.88. The van der Waals surface area contributed by atoms with E-state index in [2.05, 4.69) is 27.5 Å². The second-order valence-corrected chi connectivity index (χ2v) is 11.2. The molecule has 2 aliphatic heterocycles. The minimum absolute atomic E-state index is 0.0621. The predicted octanol–water partition coefficient (Wildman–Crippen LogP) is 3.39. The van der Waals surface area contributed by atoms with E-state index >= 15 is 0 Å². The number of pyridine rings is 1. The predicted molar refractivity (Wildman–Crippen MR) is 129 cm³/mol. The second kappa shape index (κ2) is 9.97. The number of sulfonamides is 1. The van der Waals surface area contributed by atoms with Gasteiger partial charge in [0.1, 0.15) is 6.04 Å². The zero-order valence-corrected chi connectivity index (χ0v) is 21.2. The van der Waals surface area contributed by atoms with E-state index in [1.165, 1.54) is 29.6 Å². The van der Waals surface area contributed by atoms with Gasteiger partial charge in [-0.2, -0.15) is 4.31 Å². The van der Waals surface area contributed by atoms with Crippen LogP contribution in [0.4, 0.5) is 0 Å². The van der Waals surface area contributed by atoms with E-state index in [0.29, 0.717) is 30.4 Å². The summed E-state index contributed by atoms with van der Waals surface area (Å²) in [6.07, 6.45) is 5.19. The van der Waals surface area contributed by atoms with E-state index in [-0.39, 0.29) is 22.3 Å². The Hall–Kier alpha value is -2.56. The first kappa shape index (κ1) is 24.6. The molecule has 0 unspecified atom stereocenters. The van der Waals surface area contributed by atoms with Gasteiger partial charge in [0, 0.05) is 29.2 Å². The highest BCUT2D eigenvalue weighted by Crippen LogP contribution is 2.38. The van der Waals surface area contributed by atoms with Gasteiger partial charge in [-0.1, -0.05) is 28.1 Å². The molecule has 0 spiro atoms. The van der Waals surface area contributed by atoms with Gasteiger partial charge in [0.15, 0.2) is 0 Å². The van der Waals surface area contributed by atoms with Crippen LogP contribution >= 0.6 is 15.9 Å². The number of hydrogen-bond acceptors (Lipinski definition) is 6. The first-order valence-electron chi connectivity index (χ1n) is 11.0. The van der Waals surface area contributed by atoms with Crippen molar-refractivity contribution in [1.29, 1.82) is 0 Å². The normalized spacial score (nSPS) is 23.3. The number of esters is 1. The molecular weight excluding hydrogens is 522 g/mol. The van der Waals surface area contributed by atoms with Crippen molar-refractivity contribution >= 4 is 37.8 Å². The number of halogens is 1. The largest absolute Gasteiger partial charge is 0.465 e. The summed E-state index contributed by atoms with van der Waals surface area (Å²) in [5, 5.41) is 0. The number of carbonyl (C=O) groups excluding carboxylic acids is 2. The van der Waals surface area contributed by atoms with Gasteiger partial charge in [-0.15, -0.1) is 6.58 Å². The molecule has 1 amide bonds. The third-order valence-electron chi connectivity index (χ3n) is 6.38. The summed E-state index contributed by atoms with van der Waals surface area (Å²) in [4.78, 5) is 31.7. The van der Waals surface area contributed by atoms with Crippen LogP contribution in [0.5, 0.6) is 0 Å². The van der Waals surface area contributed by atoms with Crippen molar-refractivity contribution in [3.63, 3.8) is 0 Å². The Labute approximate surface area is 207 Å². The number of aromatic nitrogens is 1. The molecule has 34 heavy (non-hydrogen) atoms. The number of benzene rings is 1. The number of nitrogens with zero attached hydrogens (tertiary/aromatic N) is 3. The summed E-state index contributed by atoms with van der Waals surface area (Å²) >= 11 is 3.30. The van der Waals surface area contributed by atoms with Gasteiger partial charge in [-0.05, 0) is 49.6 Å². The van der Waals surface area contributed by atoms with Gasteiger partial charge < -0.3 is 9.64 Å². The van der Waals surface area contributed by atoms with Gasteiger partial charge in [0.05, 0.1) is 29.8 Å². The molecule has 2 bridgehead atoms. The van der Waals surface area contributed by atoms with Gasteiger partial charge in [-0.25, -0.2) is 13.2 Å². The second-order valence-electron chi connectivity index (χ2n) is 8.46. The van der Waals surface area contributed by atoms with E-state index in [1.807, 2.05) is 18.2 Å². The Kier molecular flexibility index (Phi) is 7.20. The maximum absolute atomic E-state index is 14.0. The highest BCUT2D eigenvalue weighted by molar-refractivity contribution is 9.10. The molecule has 0 radical (unpaired) electrons. The van der Waals surface area contributed by atoms with Gasteiger partial charge in [-0.3, -0.25) is 9.78 Å². The highest BCUT2D eigenvalue weighted by Gasteiger charge is 2.49. The number of rotatable bonds is 6. The molecule has 0 saturated carbocycles. The topological polar surface area (TPSA) is 96.9 Å². The van der Waals surface area contributed by atoms with Crippen molar-refractivity contribution in [2.45, 2.75) is 42.8 Å². The maximum atomic E-state index is 14.0. The Morgan fingerprint density at radius 2 is 2.09 bits per heavy atom. The molecular formula is C24H26BrN3O5S. The molecule has 2 aliphatic rings. The SMILES string of the molecule is C=C[C@@H]1CN(Cc2ccccn2)C(=O)[C@@H]2CCC[C@H]1N2S(=O)(=O)c1cc(Br)cc(C(=O)OC)c1. The standard InChI is InChI=1S/C24H26BrN3O5S/c1-3-16-14-27(15-19-7-4-5-10-26-19)23(29)22-9-6-8-21(16)28(22)34(31,32)20-12-17(24(30)33-2)11-18(25)13-20/h3-5,7,10-13,16,21-22H,1,6,8-9,14-15H2,2H3/t16-,21-,22+/m1/s1. The molecule has 10 heteroatoms. The number of hydrogen-bond donors (Lipinski definition) is 0. The molecule has 0 N–H and O–H groups in total. The molecule has 8 nitrogen and oxygen atoms in total. The quantitative estimate of drug-likeness (QED) is 0.406. The number of fused-ring (bicyclic) bond motifs is 2. The average Bonchev–Trinajstić information content (AvgIpc) is 2.91. The molecule has 2 saturated heterocycles. The number of carbonyl (C=O) groups is 2. The molecule has 1 aromatic carbocycles. The van der Waals surface area contributed by atoms with Crippen molar-refractivity contribution in [3.05, 3.63) is 71.0 Å². The lowest BCUT2D eigenvalue weighted by Gasteiger charge is -2.40. The summed E-state index contributed by atoms with van der Waals surface area (Å²) in [6.45, 7) is 4.60. The summed E-state index contributed by atoms with van der Waals surface area (Å²) in [5.74, 6) is -1.14. The molecule has 3 heterocycles. The Morgan fingerprint density at radius 3 is 2.76 bits per heavy atom. The van der Waals surface area contributed by atoms with E-state index in [1.54, 1.807) is 17.2 Å². The van der Waals surface area contributed by atoms with Crippen LogP contribution in [0.15, 0.2) is 64.6 Å². The molecule has 2 fully saturated rings. The third kappa shape index (κ3) is 4.67. The van der Waals surface area contributed by atoms with E-state index in [4.69, 9.17) is 4.74 Å². The number of piperidine rings is 1. The van der Waals surface area contributed by atoms with Crippen LogP contribution in [0.2, 0.25) is 0 Å². The van der Waals surface area contributed by atoms with E-state index in [0.717, 1.165) is 12.1 Å². The zero-order chi connectivity index (χ0) is 24.5. The summed E-state index contributed by atoms with van der Waals surface area (Å²) < 4.78 is 34.5. The molecule has 0 aliphatic carbocycles. The average molecular weight is 548 g/mol. The highest BCUT2D eigenvalue weighted by atomic mass is 79.9. The first-order chi connectivity index (χ1) is 16.3. The minimum atomic E-state index is -4.12. The summed E-state index contributed by atoms with van der Waals surface area (Å²) in [5.41, 5.74) is 0.845. The lowest BCUT2D eigenvalue weighted by Crippen LogP contribution is -2.54. The van der Waals surface area contributed by atoms with Crippen molar-refractivity contribution in [1.82, 2.24) is 14.2 Å². The lowest BCUT2D eigenvalue weighted by molar-refractivity contribution is -0.135. The van der Waals surface area contributed by atoms with Crippen LogP contribution in [-0.4, -0.2) is 60.2 Å². The van der Waals surface area contributed by atoms with Crippen LogP contribution in [0.25, 0.3) is 0 Å². The van der Waals surface area contributed by atoms with E-state index < -0.39 is 28.1 Å². The summed E-state index contributed by atoms with van der Waals surface area (Å²) in [6, 6.07) is 8.50. The molecule has 180 valence electrons. The van der Waals surface area contributed by atoms with E-state index in [9.17, 15) is 18.0 Å². The molecule has 2 aromatic rings. The first-order valence-corrected chi connectivity index (χ1v) is 13.2. The fourth-order valence-electron chi connectivity index (χ4n) is 4.79. The third-order valence-corrected chi connectivity index (χ3v) is 8.75. The smallest absolute Gasteiger partial charge is 0.337 e. The van der Waals surface area contributed by atoms with Gasteiger partial charge >= 0.3 is 5.97 Å². The van der Waals surface area contributed by atoms with Crippen molar-refractivity contribution in [2.24, 2.45) is 5.92 Å². The van der Waals surface area contributed by atoms with Crippen LogP contribution < -0.4 is 0 Å². The fourth-order valence-corrected chi connectivity index (χ4v) is 7.38. The molecule has 3 atom stereocenters. The minimum Gasteiger partial charge on any atom is -0.465 e. The van der Waals surface area contributed by atoms with Crippen molar-refractivity contribution in [3.8, 4) is 0 Å². The van der Waals surface area contributed by atoms with Crippen molar-refractivity contribution in [2.75, 3.05) is 13.7 Å². The Balaban J connectivity index is 1.77. The lowest BCUT2D eigenvalue weighted by atomic mass is 9.90. The van der Waals surface area contributed by atoms with Crippen LogP contribution in [0, 0.1) is 5.92 Å². The van der Waals surface area contributed by atoms with Crippen LogP contribution in [-0.2, 0) is 26.1 Å². The number of amides is 1. The van der Waals surface area contributed by atoms with Crippen LogP contribution in [0.1, 0.15) is 35.3 Å². The van der Waals surface area contributed by atoms with Crippen molar-refractivity contribution < 1.29 is 22.7 Å². The number of ether oxygens (including phenoxy) is 1. The monoisotopic (exact) mass is 547 g/mol. The molecule has 4 rings (SSSR count). The number of methoxy groups -OCH3 is 1. The fraction of sp³-hybridized carbons (Fsp3) is 0.375. The van der Waals surface area contributed by atoms with Gasteiger partial charge in [0.2, 0.25) is 15.9 Å². The maximum Gasteiger partial charge on any atom is 0.337 e. The van der Waals surface area contributed by atoms with Crippen LogP contribution in [0.3, 0.4) is 0 Å². The Morgan fingerprint density at radius 1 is 1.29 bits per heavy atom. The van der Waals surface area contributed by atoms with Gasteiger partial charge in [0.25, 0.3) is 0 Å². The zero-order valence-electron chi connectivity index (χ0n) is 18.8.